The first-order valence-electron chi connectivity index (χ1n) is 9.00. The van der Waals surface area contributed by atoms with Gasteiger partial charge in [0.15, 0.2) is 6.61 Å². The Kier molecular flexibility index (Phi) is 7.56. The minimum Gasteiger partial charge on any atom is -0.484 e. The first kappa shape index (κ1) is 19.6. The van der Waals surface area contributed by atoms with Gasteiger partial charge in [-0.15, -0.1) is 0 Å². The molecule has 0 bridgehead atoms. The lowest BCUT2D eigenvalue weighted by atomic mass is 9.98. The Labute approximate surface area is 154 Å². The molecule has 1 aliphatic heterocycles. The lowest BCUT2D eigenvalue weighted by Crippen LogP contribution is -2.48. The van der Waals surface area contributed by atoms with E-state index in [2.05, 4.69) is 19.2 Å². The molecule has 6 heteroatoms. The largest absolute Gasteiger partial charge is 0.484 e. The monoisotopic (exact) mass is 366 g/mol. The van der Waals surface area contributed by atoms with Crippen LogP contribution in [0.2, 0.25) is 5.02 Å². The molecule has 1 heterocycles. The van der Waals surface area contributed by atoms with E-state index in [1.54, 1.807) is 24.3 Å². The summed E-state index contributed by atoms with van der Waals surface area (Å²) in [7, 11) is 0. The fraction of sp³-hybridized carbons (Fsp3) is 0.579. The molecule has 2 amide bonds. The predicted molar refractivity (Wildman–Crippen MR) is 98.8 cm³/mol. The van der Waals surface area contributed by atoms with Crippen LogP contribution in [0.5, 0.6) is 5.75 Å². The molecule has 2 rings (SSSR count). The summed E-state index contributed by atoms with van der Waals surface area (Å²) in [5.74, 6) is 0.852. The highest BCUT2D eigenvalue weighted by Gasteiger charge is 2.27. The van der Waals surface area contributed by atoms with Gasteiger partial charge in [0, 0.05) is 30.1 Å². The van der Waals surface area contributed by atoms with Gasteiger partial charge in [0.2, 0.25) is 5.91 Å². The molecule has 1 aromatic rings. The number of halogens is 1. The quantitative estimate of drug-likeness (QED) is 0.805. The lowest BCUT2D eigenvalue weighted by molar-refractivity contribution is -0.137. The van der Waals surface area contributed by atoms with Gasteiger partial charge in [-0.05, 0) is 49.9 Å². The van der Waals surface area contributed by atoms with Crippen LogP contribution in [-0.4, -0.2) is 42.5 Å². The number of piperidine rings is 1. The summed E-state index contributed by atoms with van der Waals surface area (Å²) in [6, 6.07) is 7.02. The van der Waals surface area contributed by atoms with Crippen LogP contribution in [0.25, 0.3) is 0 Å². The highest BCUT2D eigenvalue weighted by atomic mass is 35.5. The number of ether oxygens (including phenoxy) is 1. The average Bonchev–Trinajstić information content (AvgIpc) is 2.63. The molecule has 0 unspecified atom stereocenters. The van der Waals surface area contributed by atoms with Gasteiger partial charge in [0.05, 0.1) is 0 Å². The number of rotatable bonds is 7. The van der Waals surface area contributed by atoms with Crippen molar-refractivity contribution in [3.8, 4) is 5.75 Å². The Balaban J connectivity index is 1.71. The van der Waals surface area contributed by atoms with E-state index in [0.29, 0.717) is 23.9 Å². The van der Waals surface area contributed by atoms with Gasteiger partial charge in [-0.1, -0.05) is 25.4 Å². The molecule has 138 valence electrons. The summed E-state index contributed by atoms with van der Waals surface area (Å²) in [6.07, 6.45) is 3.35. The molecule has 0 atom stereocenters. The van der Waals surface area contributed by atoms with Crippen molar-refractivity contribution in [1.29, 1.82) is 0 Å². The SMILES string of the molecule is CCC(CC)C(=O)N1CCC(NC(=O)COc2ccc(Cl)cc2)CC1. The van der Waals surface area contributed by atoms with E-state index < -0.39 is 0 Å². The van der Waals surface area contributed by atoms with E-state index in [1.807, 2.05) is 4.90 Å². The van der Waals surface area contributed by atoms with Crippen molar-refractivity contribution in [3.05, 3.63) is 29.3 Å². The Bertz CT molecular complexity index is 565. The van der Waals surface area contributed by atoms with Gasteiger partial charge < -0.3 is 15.0 Å². The molecule has 1 aliphatic rings. The van der Waals surface area contributed by atoms with Crippen molar-refractivity contribution in [2.75, 3.05) is 19.7 Å². The van der Waals surface area contributed by atoms with Gasteiger partial charge in [0.25, 0.3) is 5.91 Å². The molecule has 0 aliphatic carbocycles. The van der Waals surface area contributed by atoms with Gasteiger partial charge >= 0.3 is 0 Å². The van der Waals surface area contributed by atoms with Gasteiger partial charge in [-0.25, -0.2) is 0 Å². The summed E-state index contributed by atoms with van der Waals surface area (Å²) in [5, 5.41) is 3.62. The molecular weight excluding hydrogens is 340 g/mol. The van der Waals surface area contributed by atoms with E-state index in [0.717, 1.165) is 25.7 Å². The standard InChI is InChI=1S/C19H27ClN2O3/c1-3-14(4-2)19(24)22-11-9-16(10-12-22)21-18(23)13-25-17-7-5-15(20)6-8-17/h5-8,14,16H,3-4,9-13H2,1-2H3,(H,21,23). The van der Waals surface area contributed by atoms with Gasteiger partial charge in [0.1, 0.15) is 5.75 Å². The van der Waals surface area contributed by atoms with Crippen LogP contribution in [0.15, 0.2) is 24.3 Å². The third-order valence-electron chi connectivity index (χ3n) is 4.69. The Morgan fingerprint density at radius 1 is 1.20 bits per heavy atom. The lowest BCUT2D eigenvalue weighted by Gasteiger charge is -2.34. The topological polar surface area (TPSA) is 58.6 Å². The number of likely N-dealkylation sites (tertiary alicyclic amines) is 1. The molecule has 1 saturated heterocycles. The summed E-state index contributed by atoms with van der Waals surface area (Å²) >= 11 is 5.81. The van der Waals surface area contributed by atoms with Crippen LogP contribution >= 0.6 is 11.6 Å². The van der Waals surface area contributed by atoms with Crippen molar-refractivity contribution in [3.63, 3.8) is 0 Å². The smallest absolute Gasteiger partial charge is 0.258 e. The third kappa shape index (κ3) is 5.92. The second-order valence-electron chi connectivity index (χ2n) is 6.42. The number of hydrogen-bond donors (Lipinski definition) is 1. The number of hydrogen-bond acceptors (Lipinski definition) is 3. The summed E-state index contributed by atoms with van der Waals surface area (Å²) in [5.41, 5.74) is 0. The van der Waals surface area contributed by atoms with Crippen LogP contribution in [0, 0.1) is 5.92 Å². The molecule has 5 nitrogen and oxygen atoms in total. The number of amides is 2. The molecule has 1 aromatic carbocycles. The maximum absolute atomic E-state index is 12.4. The molecule has 0 aromatic heterocycles. The molecule has 1 N–H and O–H groups in total. The number of carbonyl (C=O) groups is 2. The number of carbonyl (C=O) groups excluding carboxylic acids is 2. The summed E-state index contributed by atoms with van der Waals surface area (Å²) in [6.45, 7) is 5.50. The van der Waals surface area contributed by atoms with E-state index in [1.165, 1.54) is 0 Å². The van der Waals surface area contributed by atoms with Crippen LogP contribution < -0.4 is 10.1 Å². The van der Waals surface area contributed by atoms with E-state index in [4.69, 9.17) is 16.3 Å². The van der Waals surface area contributed by atoms with E-state index >= 15 is 0 Å². The van der Waals surface area contributed by atoms with E-state index in [-0.39, 0.29) is 30.4 Å². The van der Waals surface area contributed by atoms with Crippen LogP contribution in [0.4, 0.5) is 0 Å². The fourth-order valence-corrected chi connectivity index (χ4v) is 3.22. The zero-order valence-corrected chi connectivity index (χ0v) is 15.7. The molecule has 25 heavy (non-hydrogen) atoms. The third-order valence-corrected chi connectivity index (χ3v) is 4.94. The number of nitrogens with zero attached hydrogens (tertiary/aromatic N) is 1. The zero-order chi connectivity index (χ0) is 18.2. The van der Waals surface area contributed by atoms with Crippen molar-refractivity contribution in [1.82, 2.24) is 10.2 Å². The number of nitrogens with one attached hydrogen (secondary N) is 1. The normalized spacial score (nSPS) is 15.3. The fourth-order valence-electron chi connectivity index (χ4n) is 3.09. The van der Waals surface area contributed by atoms with Crippen LogP contribution in [0.3, 0.4) is 0 Å². The summed E-state index contributed by atoms with van der Waals surface area (Å²) in [4.78, 5) is 26.3. The first-order chi connectivity index (χ1) is 12.0. The van der Waals surface area contributed by atoms with Crippen molar-refractivity contribution in [2.24, 2.45) is 5.92 Å². The van der Waals surface area contributed by atoms with Crippen molar-refractivity contribution < 1.29 is 14.3 Å². The molecule has 0 saturated carbocycles. The molecule has 0 spiro atoms. The highest BCUT2D eigenvalue weighted by Crippen LogP contribution is 2.18. The first-order valence-corrected chi connectivity index (χ1v) is 9.37. The van der Waals surface area contributed by atoms with Crippen molar-refractivity contribution in [2.45, 2.75) is 45.6 Å². The highest BCUT2D eigenvalue weighted by molar-refractivity contribution is 6.30. The summed E-state index contributed by atoms with van der Waals surface area (Å²) < 4.78 is 5.45. The Morgan fingerprint density at radius 3 is 2.36 bits per heavy atom. The minimum absolute atomic E-state index is 0.0193. The molecule has 0 radical (unpaired) electrons. The maximum atomic E-state index is 12.4. The Hall–Kier alpha value is -1.75. The van der Waals surface area contributed by atoms with E-state index in [9.17, 15) is 9.59 Å². The second-order valence-corrected chi connectivity index (χ2v) is 6.86. The molecular formula is C19H27ClN2O3. The average molecular weight is 367 g/mol. The maximum Gasteiger partial charge on any atom is 0.258 e. The zero-order valence-electron chi connectivity index (χ0n) is 15.0. The van der Waals surface area contributed by atoms with Gasteiger partial charge in [-0.3, -0.25) is 9.59 Å². The van der Waals surface area contributed by atoms with Crippen molar-refractivity contribution >= 4 is 23.4 Å². The number of benzene rings is 1. The predicted octanol–water partition coefficient (Wildman–Crippen LogP) is 3.26. The molecule has 1 fully saturated rings. The minimum atomic E-state index is -0.139. The second kappa shape index (κ2) is 9.66. The van der Waals surface area contributed by atoms with Crippen LogP contribution in [-0.2, 0) is 9.59 Å². The van der Waals surface area contributed by atoms with Crippen LogP contribution in [0.1, 0.15) is 39.5 Å². The van der Waals surface area contributed by atoms with Gasteiger partial charge in [-0.2, -0.15) is 0 Å². The Morgan fingerprint density at radius 2 is 1.80 bits per heavy atom.